The van der Waals surface area contributed by atoms with Gasteiger partial charge in [0.2, 0.25) is 0 Å². The molecular formula is C24H27N3O3. The number of likely N-dealkylation sites (tertiary alicyclic amines) is 1. The van der Waals surface area contributed by atoms with Gasteiger partial charge in [-0.05, 0) is 61.9 Å². The second kappa shape index (κ2) is 9.38. The Balaban J connectivity index is 1.29. The first kappa shape index (κ1) is 20.5. The molecule has 0 bridgehead atoms. The van der Waals surface area contributed by atoms with Crippen LogP contribution in [-0.4, -0.2) is 47.7 Å². The van der Waals surface area contributed by atoms with Gasteiger partial charge in [-0.15, -0.1) is 0 Å². The van der Waals surface area contributed by atoms with Gasteiger partial charge in [-0.2, -0.15) is 5.26 Å². The van der Waals surface area contributed by atoms with E-state index in [0.717, 1.165) is 38.0 Å². The molecule has 1 atom stereocenters. The number of aromatic nitrogens is 1. The summed E-state index contributed by atoms with van der Waals surface area (Å²) < 4.78 is 12.1. The average Bonchev–Trinajstić information content (AvgIpc) is 3.19. The summed E-state index contributed by atoms with van der Waals surface area (Å²) in [5, 5.41) is 9.07. The number of piperidine rings is 1. The third-order valence-electron chi connectivity index (χ3n) is 6.32. The van der Waals surface area contributed by atoms with Crippen molar-refractivity contribution in [3.63, 3.8) is 0 Å². The first-order chi connectivity index (χ1) is 14.7. The van der Waals surface area contributed by atoms with Gasteiger partial charge in [0.25, 0.3) is 5.91 Å². The molecule has 4 rings (SSSR count). The molecule has 2 aromatic rings. The summed E-state index contributed by atoms with van der Waals surface area (Å²) in [6, 6.07) is 14.9. The summed E-state index contributed by atoms with van der Waals surface area (Å²) in [6.45, 7) is 3.37. The SMILES string of the molecule is N#Cc1cccc(C(=O)N2CCC3(CC2)OCCC3CCOCc2ccccn2)c1. The van der Waals surface area contributed by atoms with Gasteiger partial charge in [0, 0.05) is 38.1 Å². The number of hydrogen-bond acceptors (Lipinski definition) is 5. The fraction of sp³-hybridized carbons (Fsp3) is 0.458. The fourth-order valence-corrected chi connectivity index (χ4v) is 4.62. The molecule has 0 radical (unpaired) electrons. The van der Waals surface area contributed by atoms with Crippen LogP contribution in [0.1, 0.15) is 47.3 Å². The molecule has 1 unspecified atom stereocenters. The maximum absolute atomic E-state index is 12.8. The zero-order valence-electron chi connectivity index (χ0n) is 17.1. The normalized spacial score (nSPS) is 20.2. The number of benzene rings is 1. The predicted molar refractivity (Wildman–Crippen MR) is 112 cm³/mol. The molecule has 2 aliphatic rings. The van der Waals surface area contributed by atoms with Crippen molar-refractivity contribution in [2.45, 2.75) is 37.9 Å². The lowest BCUT2D eigenvalue weighted by Crippen LogP contribution is -2.49. The monoisotopic (exact) mass is 405 g/mol. The van der Waals surface area contributed by atoms with E-state index in [9.17, 15) is 4.79 Å². The summed E-state index contributed by atoms with van der Waals surface area (Å²) in [4.78, 5) is 19.0. The van der Waals surface area contributed by atoms with E-state index in [4.69, 9.17) is 14.7 Å². The Kier molecular flexibility index (Phi) is 6.41. The second-order valence-electron chi connectivity index (χ2n) is 8.05. The van der Waals surface area contributed by atoms with E-state index in [1.165, 1.54) is 0 Å². The van der Waals surface area contributed by atoms with Crippen LogP contribution in [0.5, 0.6) is 0 Å². The molecule has 1 amide bonds. The Morgan fingerprint density at radius 2 is 2.13 bits per heavy atom. The van der Waals surface area contributed by atoms with Crippen LogP contribution in [0.25, 0.3) is 0 Å². The summed E-state index contributed by atoms with van der Waals surface area (Å²) >= 11 is 0. The van der Waals surface area contributed by atoms with E-state index in [0.29, 0.717) is 43.3 Å². The molecule has 30 heavy (non-hydrogen) atoms. The molecule has 6 heteroatoms. The number of amides is 1. The van der Waals surface area contributed by atoms with E-state index >= 15 is 0 Å². The summed E-state index contributed by atoms with van der Waals surface area (Å²) in [5.41, 5.74) is 1.90. The van der Waals surface area contributed by atoms with Crippen LogP contribution < -0.4 is 0 Å². The Morgan fingerprint density at radius 3 is 2.90 bits per heavy atom. The van der Waals surface area contributed by atoms with Crippen molar-refractivity contribution < 1.29 is 14.3 Å². The van der Waals surface area contributed by atoms with Crippen LogP contribution in [-0.2, 0) is 16.1 Å². The Labute approximate surface area is 177 Å². The molecule has 0 saturated carbocycles. The molecule has 0 N–H and O–H groups in total. The highest BCUT2D eigenvalue weighted by atomic mass is 16.5. The van der Waals surface area contributed by atoms with Crippen molar-refractivity contribution in [3.05, 3.63) is 65.5 Å². The molecule has 3 heterocycles. The van der Waals surface area contributed by atoms with Gasteiger partial charge in [-0.3, -0.25) is 9.78 Å². The predicted octanol–water partition coefficient (Wildman–Crippen LogP) is 3.57. The van der Waals surface area contributed by atoms with Crippen molar-refractivity contribution in [2.75, 3.05) is 26.3 Å². The minimum Gasteiger partial charge on any atom is -0.375 e. The third kappa shape index (κ3) is 4.53. The average molecular weight is 405 g/mol. The Bertz CT molecular complexity index is 901. The van der Waals surface area contributed by atoms with Crippen LogP contribution in [0.15, 0.2) is 48.7 Å². The van der Waals surface area contributed by atoms with Crippen molar-refractivity contribution in [3.8, 4) is 6.07 Å². The molecule has 2 saturated heterocycles. The lowest BCUT2D eigenvalue weighted by molar-refractivity contribution is -0.0675. The largest absolute Gasteiger partial charge is 0.375 e. The number of carbonyl (C=O) groups excluding carboxylic acids is 1. The highest BCUT2D eigenvalue weighted by molar-refractivity contribution is 5.94. The van der Waals surface area contributed by atoms with E-state index in [-0.39, 0.29) is 11.5 Å². The molecule has 156 valence electrons. The standard InChI is InChI=1S/C24H27N3O3/c25-17-19-4-3-5-20(16-19)23(28)27-12-9-24(10-13-27)21(8-15-30-24)7-14-29-18-22-6-1-2-11-26-22/h1-6,11,16,21H,7-10,12-15,18H2. The topological polar surface area (TPSA) is 75.5 Å². The van der Waals surface area contributed by atoms with Crippen LogP contribution >= 0.6 is 0 Å². The third-order valence-corrected chi connectivity index (χ3v) is 6.32. The number of nitrogens with zero attached hydrogens (tertiary/aromatic N) is 3. The van der Waals surface area contributed by atoms with Crippen LogP contribution in [0.3, 0.4) is 0 Å². The number of nitriles is 1. The first-order valence-corrected chi connectivity index (χ1v) is 10.6. The maximum Gasteiger partial charge on any atom is 0.253 e. The highest BCUT2D eigenvalue weighted by Gasteiger charge is 2.46. The van der Waals surface area contributed by atoms with Crippen molar-refractivity contribution >= 4 is 5.91 Å². The number of ether oxygens (including phenoxy) is 2. The van der Waals surface area contributed by atoms with Crippen LogP contribution in [0.4, 0.5) is 0 Å². The van der Waals surface area contributed by atoms with E-state index in [1.54, 1.807) is 30.5 Å². The number of pyridine rings is 1. The fourth-order valence-electron chi connectivity index (χ4n) is 4.62. The van der Waals surface area contributed by atoms with Gasteiger partial charge in [0.05, 0.1) is 29.5 Å². The number of hydrogen-bond donors (Lipinski definition) is 0. The van der Waals surface area contributed by atoms with Gasteiger partial charge < -0.3 is 14.4 Å². The van der Waals surface area contributed by atoms with Gasteiger partial charge in [0.1, 0.15) is 0 Å². The zero-order chi connectivity index (χ0) is 20.8. The van der Waals surface area contributed by atoms with Crippen LogP contribution in [0, 0.1) is 17.2 Å². The summed E-state index contributed by atoms with van der Waals surface area (Å²) in [5.74, 6) is 0.454. The quantitative estimate of drug-likeness (QED) is 0.687. The van der Waals surface area contributed by atoms with Gasteiger partial charge in [-0.1, -0.05) is 12.1 Å². The molecule has 1 aromatic heterocycles. The molecule has 1 spiro atoms. The van der Waals surface area contributed by atoms with E-state index in [1.807, 2.05) is 23.1 Å². The van der Waals surface area contributed by atoms with Crippen LogP contribution in [0.2, 0.25) is 0 Å². The van der Waals surface area contributed by atoms with Crippen molar-refractivity contribution in [2.24, 2.45) is 5.92 Å². The lowest BCUT2D eigenvalue weighted by atomic mass is 9.78. The van der Waals surface area contributed by atoms with Crippen molar-refractivity contribution in [1.29, 1.82) is 5.26 Å². The molecule has 1 aromatic carbocycles. The van der Waals surface area contributed by atoms with Gasteiger partial charge in [-0.25, -0.2) is 0 Å². The van der Waals surface area contributed by atoms with Crippen molar-refractivity contribution in [1.82, 2.24) is 9.88 Å². The van der Waals surface area contributed by atoms with E-state index in [2.05, 4.69) is 11.1 Å². The van der Waals surface area contributed by atoms with Gasteiger partial charge in [0.15, 0.2) is 0 Å². The Morgan fingerprint density at radius 1 is 1.27 bits per heavy atom. The summed E-state index contributed by atoms with van der Waals surface area (Å²) in [6.07, 6.45) is 5.49. The second-order valence-corrected chi connectivity index (χ2v) is 8.05. The maximum atomic E-state index is 12.8. The number of carbonyl (C=O) groups is 1. The zero-order valence-corrected chi connectivity index (χ0v) is 17.1. The van der Waals surface area contributed by atoms with E-state index < -0.39 is 0 Å². The number of rotatable bonds is 6. The Hall–Kier alpha value is -2.75. The lowest BCUT2D eigenvalue weighted by Gasteiger charge is -2.42. The summed E-state index contributed by atoms with van der Waals surface area (Å²) in [7, 11) is 0. The van der Waals surface area contributed by atoms with Gasteiger partial charge >= 0.3 is 0 Å². The molecule has 2 aliphatic heterocycles. The minimum absolute atomic E-state index is 0.00445. The molecule has 2 fully saturated rings. The smallest absolute Gasteiger partial charge is 0.253 e. The molecular weight excluding hydrogens is 378 g/mol. The molecule has 6 nitrogen and oxygen atoms in total. The molecule has 0 aliphatic carbocycles. The highest BCUT2D eigenvalue weighted by Crippen LogP contribution is 2.42. The minimum atomic E-state index is -0.139. The first-order valence-electron chi connectivity index (χ1n) is 10.6.